The first-order valence-corrected chi connectivity index (χ1v) is 10.6. The fraction of sp³-hybridized carbons (Fsp3) is 0.400. The summed E-state index contributed by atoms with van der Waals surface area (Å²) in [6.45, 7) is -0.311. The predicted octanol–water partition coefficient (Wildman–Crippen LogP) is 1.89. The molecule has 3 atom stereocenters. The highest BCUT2D eigenvalue weighted by molar-refractivity contribution is 7.99. The SMILES string of the molecule is N#C[C@@H]1CSCN1C(=O)CNC(=O)c1ccnc2ccc(N3C[C@H](F)[C@@H](F)C3)cc12. The van der Waals surface area contributed by atoms with Gasteiger partial charge in [0.05, 0.1) is 42.7 Å². The number of carbonyl (C=O) groups excluding carboxylic acids is 2. The number of hydrogen-bond donors (Lipinski definition) is 1. The van der Waals surface area contributed by atoms with Crippen molar-refractivity contribution in [2.45, 2.75) is 18.4 Å². The molecule has 2 saturated heterocycles. The van der Waals surface area contributed by atoms with Gasteiger partial charge in [-0.2, -0.15) is 5.26 Å². The molecule has 1 N–H and O–H groups in total. The summed E-state index contributed by atoms with van der Waals surface area (Å²) in [6, 6.07) is 8.24. The smallest absolute Gasteiger partial charge is 0.252 e. The van der Waals surface area contributed by atoms with Crippen LogP contribution in [0.4, 0.5) is 14.5 Å². The number of thioether (sulfide) groups is 1. The second kappa shape index (κ2) is 8.44. The Bertz CT molecular complexity index is 1020. The van der Waals surface area contributed by atoms with E-state index in [0.29, 0.717) is 33.8 Å². The van der Waals surface area contributed by atoms with Crippen LogP contribution in [-0.2, 0) is 4.79 Å². The number of amides is 2. The van der Waals surface area contributed by atoms with Crippen molar-refractivity contribution in [3.63, 3.8) is 0 Å². The number of halogens is 2. The Balaban J connectivity index is 1.51. The minimum Gasteiger partial charge on any atom is -0.365 e. The van der Waals surface area contributed by atoms with Gasteiger partial charge in [0.25, 0.3) is 5.91 Å². The molecule has 2 fully saturated rings. The van der Waals surface area contributed by atoms with Crippen LogP contribution >= 0.6 is 11.8 Å². The Kier molecular flexibility index (Phi) is 5.72. The zero-order valence-corrected chi connectivity index (χ0v) is 16.7. The van der Waals surface area contributed by atoms with Crippen LogP contribution in [0.2, 0.25) is 0 Å². The van der Waals surface area contributed by atoms with Crippen molar-refractivity contribution >= 4 is 40.2 Å². The summed E-state index contributed by atoms with van der Waals surface area (Å²) in [5.74, 6) is 0.208. The van der Waals surface area contributed by atoms with Gasteiger partial charge in [0, 0.05) is 23.0 Å². The fourth-order valence-corrected chi connectivity index (χ4v) is 4.72. The number of anilines is 1. The maximum Gasteiger partial charge on any atom is 0.252 e. The number of hydrogen-bond acceptors (Lipinski definition) is 6. The highest BCUT2D eigenvalue weighted by Crippen LogP contribution is 2.28. The molecule has 2 aliphatic heterocycles. The summed E-state index contributed by atoms with van der Waals surface area (Å²) < 4.78 is 27.2. The van der Waals surface area contributed by atoms with Crippen LogP contribution in [0.1, 0.15) is 10.4 Å². The van der Waals surface area contributed by atoms with Crippen LogP contribution in [-0.4, -0.2) is 71.3 Å². The Morgan fingerprint density at radius 2 is 2.03 bits per heavy atom. The fourth-order valence-electron chi connectivity index (χ4n) is 3.61. The molecule has 4 rings (SSSR count). The van der Waals surface area contributed by atoms with Crippen molar-refractivity contribution in [2.75, 3.05) is 36.2 Å². The second-order valence-corrected chi connectivity index (χ2v) is 8.19. The molecule has 156 valence electrons. The highest BCUT2D eigenvalue weighted by atomic mass is 32.2. The van der Waals surface area contributed by atoms with Crippen molar-refractivity contribution in [3.8, 4) is 6.07 Å². The molecule has 0 unspecified atom stereocenters. The standard InChI is InChI=1S/C20H19F2N5O2S/c21-16-8-26(9-17(16)22)12-1-2-18-15(5-12)14(3-4-24-18)20(29)25-7-19(28)27-11-30-10-13(27)6-23/h1-5,13,16-17H,7-11H2,(H,25,29)/t13-,16+,17+/m1/s1. The number of nitriles is 1. The van der Waals surface area contributed by atoms with Crippen molar-refractivity contribution in [1.82, 2.24) is 15.2 Å². The molecule has 1 aromatic carbocycles. The molecule has 3 heterocycles. The average Bonchev–Trinajstić information content (AvgIpc) is 3.37. The van der Waals surface area contributed by atoms with Crippen LogP contribution in [0.5, 0.6) is 0 Å². The minimum atomic E-state index is -1.54. The zero-order chi connectivity index (χ0) is 21.3. The minimum absolute atomic E-state index is 0.0448. The molecule has 30 heavy (non-hydrogen) atoms. The topological polar surface area (TPSA) is 89.3 Å². The van der Waals surface area contributed by atoms with Gasteiger partial charge in [-0.15, -0.1) is 11.8 Å². The summed E-state index contributed by atoms with van der Waals surface area (Å²) in [6.07, 6.45) is -1.58. The van der Waals surface area contributed by atoms with Crippen molar-refractivity contribution < 1.29 is 18.4 Å². The van der Waals surface area contributed by atoms with Crippen LogP contribution in [0, 0.1) is 11.3 Å². The number of nitrogens with zero attached hydrogens (tertiary/aromatic N) is 4. The lowest BCUT2D eigenvalue weighted by molar-refractivity contribution is -0.129. The molecule has 0 spiro atoms. The molecular formula is C20H19F2N5O2S. The monoisotopic (exact) mass is 431 g/mol. The molecule has 0 bridgehead atoms. The molecule has 10 heteroatoms. The molecule has 0 radical (unpaired) electrons. The molecule has 0 saturated carbocycles. The maximum atomic E-state index is 13.6. The van der Waals surface area contributed by atoms with Gasteiger partial charge in [-0.25, -0.2) is 8.78 Å². The van der Waals surface area contributed by atoms with E-state index in [1.807, 2.05) is 0 Å². The van der Waals surface area contributed by atoms with E-state index in [1.54, 1.807) is 23.1 Å². The highest BCUT2D eigenvalue weighted by Gasteiger charge is 2.33. The summed E-state index contributed by atoms with van der Waals surface area (Å²) in [4.78, 5) is 32.4. The Labute approximate surface area is 176 Å². The van der Waals surface area contributed by atoms with E-state index in [0.717, 1.165) is 0 Å². The molecule has 7 nitrogen and oxygen atoms in total. The van der Waals surface area contributed by atoms with Gasteiger partial charge in [0.15, 0.2) is 12.3 Å². The van der Waals surface area contributed by atoms with E-state index in [1.165, 1.54) is 28.9 Å². The lowest BCUT2D eigenvalue weighted by Crippen LogP contribution is -2.42. The summed E-state index contributed by atoms with van der Waals surface area (Å²) >= 11 is 1.49. The normalized spacial score (nSPS) is 23.6. The van der Waals surface area contributed by atoms with Gasteiger partial charge in [-0.3, -0.25) is 14.6 Å². The van der Waals surface area contributed by atoms with Gasteiger partial charge < -0.3 is 15.1 Å². The van der Waals surface area contributed by atoms with Crippen molar-refractivity contribution in [3.05, 3.63) is 36.0 Å². The third kappa shape index (κ3) is 3.89. The van der Waals surface area contributed by atoms with E-state index in [4.69, 9.17) is 5.26 Å². The van der Waals surface area contributed by atoms with Gasteiger partial charge in [-0.1, -0.05) is 0 Å². The number of fused-ring (bicyclic) bond motifs is 1. The Hall–Kier alpha value is -2.93. The first-order chi connectivity index (χ1) is 14.5. The Morgan fingerprint density at radius 3 is 2.77 bits per heavy atom. The van der Waals surface area contributed by atoms with Crippen LogP contribution in [0.25, 0.3) is 10.9 Å². The van der Waals surface area contributed by atoms with Gasteiger partial charge in [0.1, 0.15) is 6.04 Å². The summed E-state index contributed by atoms with van der Waals surface area (Å²) in [7, 11) is 0. The van der Waals surface area contributed by atoms with Gasteiger partial charge in [-0.05, 0) is 24.3 Å². The number of nitrogens with one attached hydrogen (secondary N) is 1. The van der Waals surface area contributed by atoms with Crippen LogP contribution < -0.4 is 10.2 Å². The van der Waals surface area contributed by atoms with E-state index < -0.39 is 24.3 Å². The number of aromatic nitrogens is 1. The summed E-state index contributed by atoms with van der Waals surface area (Å²) in [5.41, 5.74) is 1.48. The zero-order valence-electron chi connectivity index (χ0n) is 15.9. The van der Waals surface area contributed by atoms with Crippen LogP contribution in [0.15, 0.2) is 30.5 Å². The second-order valence-electron chi connectivity index (χ2n) is 7.19. The number of alkyl halides is 2. The average molecular weight is 431 g/mol. The lowest BCUT2D eigenvalue weighted by atomic mass is 10.1. The molecule has 1 aromatic heterocycles. The van der Waals surface area contributed by atoms with E-state index in [2.05, 4.69) is 16.4 Å². The number of pyridine rings is 1. The molecule has 2 aliphatic rings. The van der Waals surface area contributed by atoms with Crippen molar-refractivity contribution in [1.29, 1.82) is 5.26 Å². The third-order valence-corrected chi connectivity index (χ3v) is 6.28. The van der Waals surface area contributed by atoms with E-state index in [-0.39, 0.29) is 25.5 Å². The molecule has 2 aromatic rings. The number of rotatable bonds is 4. The first kappa shape index (κ1) is 20.3. The summed E-state index contributed by atoms with van der Waals surface area (Å²) in [5, 5.41) is 12.2. The molecule has 0 aliphatic carbocycles. The van der Waals surface area contributed by atoms with E-state index in [9.17, 15) is 18.4 Å². The van der Waals surface area contributed by atoms with E-state index >= 15 is 0 Å². The van der Waals surface area contributed by atoms with Crippen LogP contribution in [0.3, 0.4) is 0 Å². The predicted molar refractivity (Wildman–Crippen MR) is 110 cm³/mol. The quantitative estimate of drug-likeness (QED) is 0.795. The van der Waals surface area contributed by atoms with Gasteiger partial charge in [0.2, 0.25) is 5.91 Å². The van der Waals surface area contributed by atoms with Gasteiger partial charge >= 0.3 is 0 Å². The molecular weight excluding hydrogens is 412 g/mol. The van der Waals surface area contributed by atoms with Crippen molar-refractivity contribution in [2.24, 2.45) is 0 Å². The number of carbonyl (C=O) groups is 2. The maximum absolute atomic E-state index is 13.6. The largest absolute Gasteiger partial charge is 0.365 e. The first-order valence-electron chi connectivity index (χ1n) is 9.45. The number of benzene rings is 1. The third-order valence-electron chi connectivity index (χ3n) is 5.27. The lowest BCUT2D eigenvalue weighted by Gasteiger charge is -2.19. The Morgan fingerprint density at radius 1 is 1.27 bits per heavy atom. The molecule has 2 amide bonds.